The minimum absolute atomic E-state index is 0.0733. The lowest BCUT2D eigenvalue weighted by molar-refractivity contribution is 0.473. The van der Waals surface area contributed by atoms with E-state index in [1.165, 1.54) is 11.1 Å². The molecule has 0 radical (unpaired) electrons. The second-order valence-corrected chi connectivity index (χ2v) is 9.48. The number of rotatable bonds is 5. The Hall–Kier alpha value is -2.07. The van der Waals surface area contributed by atoms with Gasteiger partial charge in [-0.1, -0.05) is 63.6 Å². The van der Waals surface area contributed by atoms with Gasteiger partial charge in [-0.05, 0) is 66.2 Å². The summed E-state index contributed by atoms with van der Waals surface area (Å²) in [5.74, 6) is 0.309. The summed E-state index contributed by atoms with van der Waals surface area (Å²) in [5.41, 5.74) is 3.88. The number of aromatic nitrogens is 1. The molecule has 1 aliphatic rings. The molecule has 0 fully saturated rings. The van der Waals surface area contributed by atoms with Gasteiger partial charge in [0.1, 0.15) is 0 Å². The molecule has 144 valence electrons. The minimum atomic E-state index is -0.0963. The highest BCUT2D eigenvalue weighted by atomic mass is 32.1. The van der Waals surface area contributed by atoms with Gasteiger partial charge in [-0.3, -0.25) is 4.79 Å². The Morgan fingerprint density at radius 2 is 1.85 bits per heavy atom. The molecule has 1 aliphatic carbocycles. The third-order valence-corrected chi connectivity index (χ3v) is 6.03. The monoisotopic (exact) mass is 383 g/mol. The molecule has 1 N–H and O–H groups in total. The Morgan fingerprint density at radius 1 is 1.15 bits per heavy atom. The number of allylic oxidation sites excluding steroid dienone is 4. The van der Waals surface area contributed by atoms with Gasteiger partial charge >= 0.3 is 0 Å². The maximum absolute atomic E-state index is 12.9. The van der Waals surface area contributed by atoms with E-state index in [1.54, 1.807) is 3.96 Å². The molecular weight excluding hydrogens is 354 g/mol. The number of hydrogen-bond acceptors (Lipinski definition) is 3. The standard InChI is InChI=1S/C23H29NO2S/c1-16(14-17-8-6-5-7-9-17)15-20-21(25)24(27-22(20)26)19-12-10-18(11-13-19)23(2,3)4/h6,8-13,16,26H,5,7,14-15H2,1-4H3. The molecule has 4 heteroatoms. The smallest absolute Gasteiger partial charge is 0.272 e. The van der Waals surface area contributed by atoms with Crippen LogP contribution in [-0.2, 0) is 11.8 Å². The molecule has 2 aromatic rings. The number of nitrogens with zero attached hydrogens (tertiary/aromatic N) is 1. The number of hydrogen-bond donors (Lipinski definition) is 1. The Morgan fingerprint density at radius 3 is 2.44 bits per heavy atom. The molecule has 3 nitrogen and oxygen atoms in total. The van der Waals surface area contributed by atoms with Crippen LogP contribution in [0.5, 0.6) is 5.06 Å². The summed E-state index contributed by atoms with van der Waals surface area (Å²) in [5, 5.41) is 10.5. The highest BCUT2D eigenvalue weighted by Gasteiger charge is 2.19. The summed E-state index contributed by atoms with van der Waals surface area (Å²) in [4.78, 5) is 12.9. The van der Waals surface area contributed by atoms with Crippen LogP contribution in [0.4, 0.5) is 0 Å². The molecule has 0 saturated heterocycles. The van der Waals surface area contributed by atoms with E-state index in [1.807, 2.05) is 12.1 Å². The summed E-state index contributed by atoms with van der Waals surface area (Å²) in [7, 11) is 0. The van der Waals surface area contributed by atoms with Gasteiger partial charge in [0.25, 0.3) is 5.56 Å². The molecule has 0 saturated carbocycles. The van der Waals surface area contributed by atoms with Gasteiger partial charge in [-0.2, -0.15) is 0 Å². The molecular formula is C23H29NO2S. The van der Waals surface area contributed by atoms with E-state index in [0.717, 1.165) is 36.5 Å². The van der Waals surface area contributed by atoms with Crippen LogP contribution in [-0.4, -0.2) is 9.06 Å². The van der Waals surface area contributed by atoms with Gasteiger partial charge in [-0.25, -0.2) is 3.96 Å². The van der Waals surface area contributed by atoms with Crippen molar-refractivity contribution in [3.63, 3.8) is 0 Å². The molecule has 1 aromatic carbocycles. The van der Waals surface area contributed by atoms with E-state index in [-0.39, 0.29) is 16.0 Å². The van der Waals surface area contributed by atoms with Crippen LogP contribution in [0.15, 0.2) is 52.9 Å². The molecule has 0 spiro atoms. The van der Waals surface area contributed by atoms with Crippen molar-refractivity contribution >= 4 is 11.5 Å². The fourth-order valence-electron chi connectivity index (χ4n) is 3.48. The molecule has 1 heterocycles. The first-order valence-electron chi connectivity index (χ1n) is 9.66. The highest BCUT2D eigenvalue weighted by molar-refractivity contribution is 7.08. The van der Waals surface area contributed by atoms with Gasteiger partial charge in [-0.15, -0.1) is 0 Å². The first-order valence-corrected chi connectivity index (χ1v) is 10.4. The van der Waals surface area contributed by atoms with E-state index in [0.29, 0.717) is 17.9 Å². The zero-order chi connectivity index (χ0) is 19.6. The summed E-state index contributed by atoms with van der Waals surface area (Å²) < 4.78 is 1.60. The van der Waals surface area contributed by atoms with Crippen molar-refractivity contribution in [1.82, 2.24) is 3.96 Å². The third-order valence-electron chi connectivity index (χ3n) is 5.05. The quantitative estimate of drug-likeness (QED) is 0.714. The predicted octanol–water partition coefficient (Wildman–Crippen LogP) is 5.75. The average molecular weight is 384 g/mol. The van der Waals surface area contributed by atoms with Crippen molar-refractivity contribution in [2.24, 2.45) is 5.92 Å². The van der Waals surface area contributed by atoms with Crippen molar-refractivity contribution in [3.8, 4) is 10.8 Å². The summed E-state index contributed by atoms with van der Waals surface area (Å²) in [6, 6.07) is 8.04. The normalized spacial score (nSPS) is 15.6. The van der Waals surface area contributed by atoms with Crippen LogP contribution in [0.25, 0.3) is 5.69 Å². The van der Waals surface area contributed by atoms with E-state index >= 15 is 0 Å². The second kappa shape index (κ2) is 7.89. The molecule has 3 rings (SSSR count). The maximum atomic E-state index is 12.9. The molecule has 0 bridgehead atoms. The molecule has 27 heavy (non-hydrogen) atoms. The Kier molecular flexibility index (Phi) is 5.75. The Balaban J connectivity index is 1.79. The third kappa shape index (κ3) is 4.62. The number of benzene rings is 1. The summed E-state index contributed by atoms with van der Waals surface area (Å²) >= 11 is 1.13. The predicted molar refractivity (Wildman–Crippen MR) is 114 cm³/mol. The van der Waals surface area contributed by atoms with Crippen LogP contribution >= 0.6 is 11.5 Å². The van der Waals surface area contributed by atoms with Gasteiger partial charge in [0.15, 0.2) is 5.06 Å². The second-order valence-electron chi connectivity index (χ2n) is 8.54. The minimum Gasteiger partial charge on any atom is -0.498 e. The lowest BCUT2D eigenvalue weighted by atomic mass is 9.87. The molecule has 1 unspecified atom stereocenters. The van der Waals surface area contributed by atoms with E-state index in [2.05, 4.69) is 58.1 Å². The summed E-state index contributed by atoms with van der Waals surface area (Å²) in [6.07, 6.45) is 10.4. The Bertz CT molecular complexity index is 907. The van der Waals surface area contributed by atoms with E-state index in [9.17, 15) is 9.90 Å². The first-order chi connectivity index (χ1) is 12.8. The maximum Gasteiger partial charge on any atom is 0.272 e. The highest BCUT2D eigenvalue weighted by Crippen LogP contribution is 2.29. The zero-order valence-electron chi connectivity index (χ0n) is 16.7. The fraction of sp³-hybridized carbons (Fsp3) is 0.435. The molecule has 0 aliphatic heterocycles. The van der Waals surface area contributed by atoms with E-state index < -0.39 is 0 Å². The molecule has 1 atom stereocenters. The zero-order valence-corrected chi connectivity index (χ0v) is 17.5. The average Bonchev–Trinajstić information content (AvgIpc) is 2.90. The van der Waals surface area contributed by atoms with Gasteiger partial charge < -0.3 is 5.11 Å². The SMILES string of the molecule is CC(CC1=CCCC=C1)Cc1c(O)sn(-c2ccc(C(C)(C)C)cc2)c1=O. The van der Waals surface area contributed by atoms with Crippen LogP contribution in [0, 0.1) is 5.92 Å². The van der Waals surface area contributed by atoms with E-state index in [4.69, 9.17) is 0 Å². The number of aromatic hydroxyl groups is 1. The lowest BCUT2D eigenvalue weighted by Gasteiger charge is -2.19. The van der Waals surface area contributed by atoms with Crippen molar-refractivity contribution in [2.45, 2.75) is 58.8 Å². The fourth-order valence-corrected chi connectivity index (χ4v) is 4.35. The summed E-state index contributed by atoms with van der Waals surface area (Å²) in [6.45, 7) is 8.65. The largest absolute Gasteiger partial charge is 0.498 e. The van der Waals surface area contributed by atoms with Crippen molar-refractivity contribution in [3.05, 3.63) is 69.5 Å². The first kappa shape index (κ1) is 19.7. The van der Waals surface area contributed by atoms with Crippen LogP contribution < -0.4 is 5.56 Å². The van der Waals surface area contributed by atoms with Crippen molar-refractivity contribution in [2.75, 3.05) is 0 Å². The Labute approximate surface area is 165 Å². The van der Waals surface area contributed by atoms with Gasteiger partial charge in [0, 0.05) is 0 Å². The van der Waals surface area contributed by atoms with Gasteiger partial charge in [0.2, 0.25) is 0 Å². The lowest BCUT2D eigenvalue weighted by Crippen LogP contribution is -2.17. The molecule has 1 aromatic heterocycles. The topological polar surface area (TPSA) is 42.2 Å². The van der Waals surface area contributed by atoms with Crippen LogP contribution in [0.1, 0.15) is 58.1 Å². The van der Waals surface area contributed by atoms with Crippen LogP contribution in [0.3, 0.4) is 0 Å². The van der Waals surface area contributed by atoms with Gasteiger partial charge in [0.05, 0.1) is 11.3 Å². The van der Waals surface area contributed by atoms with Crippen LogP contribution in [0.2, 0.25) is 0 Å². The van der Waals surface area contributed by atoms with Crippen molar-refractivity contribution in [1.29, 1.82) is 0 Å². The molecule has 0 amide bonds. The van der Waals surface area contributed by atoms with Crippen molar-refractivity contribution < 1.29 is 5.11 Å².